The van der Waals surface area contributed by atoms with Crippen LogP contribution in [0.3, 0.4) is 0 Å². The highest BCUT2D eigenvalue weighted by Crippen LogP contribution is 2.41. The van der Waals surface area contributed by atoms with E-state index in [1.165, 1.54) is 48.3 Å². The van der Waals surface area contributed by atoms with Gasteiger partial charge in [0, 0.05) is 38.3 Å². The van der Waals surface area contributed by atoms with Gasteiger partial charge in [0.25, 0.3) is 0 Å². The fourth-order valence-corrected chi connectivity index (χ4v) is 12.1. The van der Waals surface area contributed by atoms with Crippen LogP contribution in [0.15, 0.2) is 109 Å². The van der Waals surface area contributed by atoms with E-state index in [0.717, 1.165) is 44.1 Å². The first-order chi connectivity index (χ1) is 40.3. The second-order valence-corrected chi connectivity index (χ2v) is 26.6. The molecule has 17 nitrogen and oxygen atoms in total. The highest BCUT2D eigenvalue weighted by Gasteiger charge is 2.51. The van der Waals surface area contributed by atoms with Crippen LogP contribution in [0.5, 0.6) is 0 Å². The molecule has 7 N–H and O–H groups in total. The van der Waals surface area contributed by atoms with E-state index in [9.17, 15) is 47.4 Å². The molecule has 0 bridgehead atoms. The number of amides is 6. The van der Waals surface area contributed by atoms with E-state index in [0.29, 0.717) is 41.6 Å². The SMILES string of the molecule is CN[C@@H](C)C(=O)N[C@H](C(=O)N1CCC2CCC(NC(=O)C(c3ccccc3)c3ccc(F)cc3)C21)C(C)(C)C.C[C@@H](C(=O)N[C@H](C(=O)N1CCC2CCC(N)C21)C(C)(C)C)N(C)C(=O)OC(C)(C)C.O=C(O)C(c1ccccc1)c1ccc(F)cc1. The largest absolute Gasteiger partial charge is 0.481 e. The number of carbonyl (C=O) groups is 7. The van der Waals surface area contributed by atoms with Gasteiger partial charge in [-0.25, -0.2) is 13.6 Å². The zero-order valence-electron chi connectivity index (χ0n) is 52.4. The molecule has 8 rings (SSSR count). The Morgan fingerprint density at radius 1 is 0.581 bits per heavy atom. The molecule has 4 aromatic carbocycles. The molecule has 2 saturated heterocycles. The number of fused-ring (bicyclic) bond motifs is 2. The summed E-state index contributed by atoms with van der Waals surface area (Å²) in [5.74, 6) is -3.22. The molecule has 2 aliphatic heterocycles. The van der Waals surface area contributed by atoms with Crippen molar-refractivity contribution in [3.63, 3.8) is 0 Å². The molecule has 0 radical (unpaired) electrons. The van der Waals surface area contributed by atoms with E-state index in [1.54, 1.807) is 78.1 Å². The second-order valence-electron chi connectivity index (χ2n) is 26.6. The second kappa shape index (κ2) is 29.0. The highest BCUT2D eigenvalue weighted by atomic mass is 19.1. The molecule has 12 atom stereocenters. The Balaban J connectivity index is 0.000000222. The zero-order chi connectivity index (χ0) is 63.6. The van der Waals surface area contributed by atoms with Crippen molar-refractivity contribution < 1.29 is 52.2 Å². The Bertz CT molecular complexity index is 2950. The number of aliphatic carboxylic acids is 1. The van der Waals surface area contributed by atoms with E-state index in [-0.39, 0.29) is 65.3 Å². The molecular formula is C67H92F2N8O9. The lowest BCUT2D eigenvalue weighted by Gasteiger charge is -2.38. The first-order valence-electron chi connectivity index (χ1n) is 30.1. The number of halogens is 2. The van der Waals surface area contributed by atoms with Gasteiger partial charge in [0.2, 0.25) is 29.5 Å². The van der Waals surface area contributed by atoms with Crippen molar-refractivity contribution in [2.45, 2.75) is 180 Å². The third-order valence-electron chi connectivity index (χ3n) is 17.1. The maximum atomic E-state index is 14.0. The standard InChI is InChI=1S/C31H41FN4O3.C22H40N4O4.C14H11FO2/c1-19(33-5)28(37)35-27(31(2,3)4)30(39)36-18-17-22-13-16-24(26(22)36)34-29(38)25(20-9-7-6-8-10-20)21-11-14-23(32)15-12-21;1-13(25(8)20(29)30-22(5,6)7)18(27)24-17(21(2,3)4)19(28)26-12-11-14-9-10-15(23)16(14)26;15-12-8-6-11(7-9-12)13(14(16)17)10-4-2-1-3-5-10/h6-12,14-15,19,22,24-27,33H,13,16-18H2,1-5H3,(H,34,38)(H,35,37);13-17H,9-12,23H2,1-8H3,(H,24,27);1-9,13H,(H,16,17)/t19-,22?,24?,25?,26?,27+;13-,14?,15?,16?,17+;/m00./s1. The van der Waals surface area contributed by atoms with Crippen molar-refractivity contribution in [2.75, 3.05) is 27.2 Å². The van der Waals surface area contributed by atoms with Crippen molar-refractivity contribution in [2.24, 2.45) is 28.4 Å². The lowest BCUT2D eigenvalue weighted by Crippen LogP contribution is -2.60. The van der Waals surface area contributed by atoms with Gasteiger partial charge in [-0.1, -0.05) is 126 Å². The van der Waals surface area contributed by atoms with E-state index < -0.39 is 64.5 Å². The average Bonchev–Trinajstić information content (AvgIpc) is 4.29. The summed E-state index contributed by atoms with van der Waals surface area (Å²) in [6.07, 6.45) is 4.95. The van der Waals surface area contributed by atoms with Gasteiger partial charge in [-0.3, -0.25) is 33.7 Å². The van der Waals surface area contributed by atoms with Crippen LogP contribution >= 0.6 is 0 Å². The topological polar surface area (TPSA) is 233 Å². The number of nitrogens with one attached hydrogen (secondary N) is 4. The Kier molecular flexibility index (Phi) is 22.9. The van der Waals surface area contributed by atoms with Crippen molar-refractivity contribution in [3.8, 4) is 0 Å². The minimum absolute atomic E-state index is 0.00463. The molecule has 2 heterocycles. The summed E-state index contributed by atoms with van der Waals surface area (Å²) in [4.78, 5) is 95.6. The summed E-state index contributed by atoms with van der Waals surface area (Å²) in [5, 5.41) is 21.3. The van der Waals surface area contributed by atoms with Crippen molar-refractivity contribution in [1.29, 1.82) is 0 Å². The van der Waals surface area contributed by atoms with Crippen LogP contribution in [-0.2, 0) is 33.5 Å². The van der Waals surface area contributed by atoms with Gasteiger partial charge in [-0.05, 0) is 149 Å². The number of benzene rings is 4. The van der Waals surface area contributed by atoms with Gasteiger partial charge >= 0.3 is 12.1 Å². The summed E-state index contributed by atoms with van der Waals surface area (Å²) in [5.41, 5.74) is 7.45. The molecule has 4 aromatic rings. The summed E-state index contributed by atoms with van der Waals surface area (Å²) in [7, 11) is 3.23. The lowest BCUT2D eigenvalue weighted by atomic mass is 9.85. The van der Waals surface area contributed by atoms with Crippen LogP contribution in [0.2, 0.25) is 0 Å². The molecule has 4 fully saturated rings. The lowest BCUT2D eigenvalue weighted by molar-refractivity contribution is -0.141. The number of nitrogens with zero attached hydrogens (tertiary/aromatic N) is 3. The predicted octanol–water partition coefficient (Wildman–Crippen LogP) is 8.75. The number of carboxylic acids is 1. The third kappa shape index (κ3) is 17.3. The average molecular weight is 1190 g/mol. The van der Waals surface area contributed by atoms with E-state index >= 15 is 0 Å². The Hall–Kier alpha value is -7.25. The maximum Gasteiger partial charge on any atom is 0.410 e. The Labute approximate surface area is 506 Å². The molecule has 8 unspecified atom stereocenters. The highest BCUT2D eigenvalue weighted by molar-refractivity contribution is 5.93. The maximum absolute atomic E-state index is 14.0. The van der Waals surface area contributed by atoms with Crippen LogP contribution < -0.4 is 27.0 Å². The Morgan fingerprint density at radius 2 is 1.00 bits per heavy atom. The molecule has 86 heavy (non-hydrogen) atoms. The quantitative estimate of drug-likeness (QED) is 0.0659. The van der Waals surface area contributed by atoms with Crippen LogP contribution in [0.4, 0.5) is 13.6 Å². The fraction of sp³-hybridized carbons (Fsp3) is 0.537. The molecule has 468 valence electrons. The molecule has 0 spiro atoms. The first-order valence-corrected chi connectivity index (χ1v) is 30.1. The molecule has 0 aromatic heterocycles. The van der Waals surface area contributed by atoms with E-state index in [2.05, 4.69) is 21.3 Å². The number of carboxylic acid groups (broad SMARTS) is 1. The number of carbonyl (C=O) groups excluding carboxylic acids is 6. The molecule has 19 heteroatoms. The van der Waals surface area contributed by atoms with Gasteiger partial charge in [0.1, 0.15) is 41.3 Å². The van der Waals surface area contributed by atoms with E-state index in [4.69, 9.17) is 10.5 Å². The predicted molar refractivity (Wildman–Crippen MR) is 327 cm³/mol. The molecular weight excluding hydrogens is 1100 g/mol. The van der Waals surface area contributed by atoms with Gasteiger partial charge in [-0.15, -0.1) is 0 Å². The normalized spacial score (nSPS) is 21.9. The summed E-state index contributed by atoms with van der Waals surface area (Å²) in [6, 6.07) is 27.1. The molecule has 6 amide bonds. The van der Waals surface area contributed by atoms with E-state index in [1.807, 2.05) is 87.7 Å². The minimum atomic E-state index is -0.942. The zero-order valence-corrected chi connectivity index (χ0v) is 52.4. The number of likely N-dealkylation sites (N-methyl/N-ethyl adjacent to an activating group) is 2. The smallest absolute Gasteiger partial charge is 0.410 e. The monoisotopic (exact) mass is 1190 g/mol. The minimum Gasteiger partial charge on any atom is -0.481 e. The van der Waals surface area contributed by atoms with Crippen LogP contribution in [0.25, 0.3) is 0 Å². The van der Waals surface area contributed by atoms with Gasteiger partial charge in [-0.2, -0.15) is 0 Å². The fourth-order valence-electron chi connectivity index (χ4n) is 12.1. The number of nitrogens with two attached hydrogens (primary N) is 1. The van der Waals surface area contributed by atoms with Gasteiger partial charge < -0.3 is 46.6 Å². The van der Waals surface area contributed by atoms with Crippen molar-refractivity contribution in [1.82, 2.24) is 36.0 Å². The molecule has 2 aliphatic carbocycles. The number of likely N-dealkylation sites (tertiary alicyclic amines) is 2. The summed E-state index contributed by atoms with van der Waals surface area (Å²) in [6.45, 7) is 21.6. The number of rotatable bonds is 15. The Morgan fingerprint density at radius 3 is 1.45 bits per heavy atom. The number of hydrogen-bond acceptors (Lipinski definition) is 10. The third-order valence-corrected chi connectivity index (χ3v) is 17.1. The molecule has 4 aliphatic rings. The number of hydrogen-bond donors (Lipinski definition) is 6. The van der Waals surface area contributed by atoms with Crippen LogP contribution in [0.1, 0.15) is 149 Å². The summed E-state index contributed by atoms with van der Waals surface area (Å²) < 4.78 is 31.8. The number of ether oxygens (including phenoxy) is 1. The first kappa shape index (κ1) is 67.9. The van der Waals surface area contributed by atoms with Gasteiger partial charge in [0.05, 0.1) is 18.0 Å². The van der Waals surface area contributed by atoms with Crippen LogP contribution in [0, 0.1) is 34.3 Å². The van der Waals surface area contributed by atoms with Crippen molar-refractivity contribution >= 4 is 41.6 Å². The van der Waals surface area contributed by atoms with Crippen LogP contribution in [-0.4, -0.2) is 143 Å². The van der Waals surface area contributed by atoms with Crippen molar-refractivity contribution in [3.05, 3.63) is 143 Å². The summed E-state index contributed by atoms with van der Waals surface area (Å²) >= 11 is 0. The molecule has 2 saturated carbocycles. The van der Waals surface area contributed by atoms with Gasteiger partial charge in [0.15, 0.2) is 0 Å².